The molecule has 0 spiro atoms. The molecule has 3 fully saturated rings. The molecule has 3 atom stereocenters. The van der Waals surface area contributed by atoms with Crippen molar-refractivity contribution in [3.63, 3.8) is 0 Å². The fraction of sp³-hybridized carbons (Fsp3) is 0.765. The standard InChI is InChI=1S/C17H25N5O9S.Na/c1-17(2,3)30-16(24)20-6-7-28-12(9-20)14-19-18-13(29-14)11-5-4-10-8-21(11)15(23)22(10)31-32(25,26)27;/h10-12H,4-9H2,1-3H3,(H,25,26,27);/q;+1/p-1/t10-,11+,12?;/m1./s1. The normalized spacial score (nSPS) is 25.8. The van der Waals surface area contributed by atoms with Gasteiger partial charge in [-0.05, 0) is 33.6 Å². The van der Waals surface area contributed by atoms with Gasteiger partial charge in [-0.15, -0.1) is 10.2 Å². The van der Waals surface area contributed by atoms with Crippen molar-refractivity contribution < 1.29 is 70.3 Å². The van der Waals surface area contributed by atoms with Crippen LogP contribution in [0.3, 0.4) is 0 Å². The number of nitrogens with zero attached hydrogens (tertiary/aromatic N) is 5. The molecule has 0 N–H and O–H groups in total. The summed E-state index contributed by atoms with van der Waals surface area (Å²) in [7, 11) is -5.08. The Morgan fingerprint density at radius 3 is 2.55 bits per heavy atom. The predicted octanol–water partition coefficient (Wildman–Crippen LogP) is -2.29. The van der Waals surface area contributed by atoms with E-state index in [-0.39, 0.29) is 61.0 Å². The van der Waals surface area contributed by atoms with E-state index in [0.29, 0.717) is 24.4 Å². The molecule has 3 saturated heterocycles. The number of ether oxygens (including phenoxy) is 2. The quantitative estimate of drug-likeness (QED) is 0.249. The molecule has 2 bridgehead atoms. The van der Waals surface area contributed by atoms with Crippen LogP contribution < -0.4 is 29.6 Å². The third kappa shape index (κ3) is 5.96. The third-order valence-corrected chi connectivity index (χ3v) is 5.57. The molecule has 3 aliphatic rings. The molecule has 4 heterocycles. The minimum absolute atomic E-state index is 0. The molecule has 14 nitrogen and oxygen atoms in total. The number of hydroxylamine groups is 2. The summed E-state index contributed by atoms with van der Waals surface area (Å²) in [6.45, 7) is 6.27. The molecule has 1 aromatic rings. The van der Waals surface area contributed by atoms with Crippen molar-refractivity contribution in [1.29, 1.82) is 0 Å². The molecule has 4 rings (SSSR count). The van der Waals surface area contributed by atoms with Gasteiger partial charge in [0.25, 0.3) is 0 Å². The number of carbonyl (C=O) groups is 2. The number of amides is 3. The van der Waals surface area contributed by atoms with Crippen molar-refractivity contribution in [3.8, 4) is 0 Å². The number of piperidine rings is 1. The van der Waals surface area contributed by atoms with Crippen LogP contribution >= 0.6 is 0 Å². The molecule has 0 saturated carbocycles. The molecule has 0 aromatic carbocycles. The SMILES string of the molecule is CC(C)(C)OC(=O)N1CCOC(c2nnc([C@@H]3CC[C@@H]4CN3C(=O)N4OS(=O)(=O)[O-])o2)C1.[Na+]. The maximum Gasteiger partial charge on any atom is 1.00 e. The van der Waals surface area contributed by atoms with Gasteiger partial charge in [0.1, 0.15) is 11.6 Å². The average Bonchev–Trinajstić information content (AvgIpc) is 3.27. The summed E-state index contributed by atoms with van der Waals surface area (Å²) in [6.07, 6.45) is -0.340. The zero-order valence-electron chi connectivity index (χ0n) is 18.8. The molecular weight excluding hydrogens is 473 g/mol. The minimum Gasteiger partial charge on any atom is -0.724 e. The number of carbonyl (C=O) groups excluding carboxylic acids is 2. The summed E-state index contributed by atoms with van der Waals surface area (Å²) in [5.41, 5.74) is -0.632. The zero-order chi connectivity index (χ0) is 23.3. The molecule has 0 radical (unpaired) electrons. The summed E-state index contributed by atoms with van der Waals surface area (Å²) >= 11 is 0. The van der Waals surface area contributed by atoms with E-state index in [1.165, 1.54) is 9.80 Å². The van der Waals surface area contributed by atoms with E-state index in [9.17, 15) is 22.6 Å². The molecule has 1 aromatic heterocycles. The van der Waals surface area contributed by atoms with Gasteiger partial charge >= 0.3 is 41.7 Å². The van der Waals surface area contributed by atoms with Gasteiger partial charge in [0, 0.05) is 13.1 Å². The van der Waals surface area contributed by atoms with Crippen LogP contribution in [0.25, 0.3) is 0 Å². The Balaban J connectivity index is 0.00000306. The molecule has 33 heavy (non-hydrogen) atoms. The van der Waals surface area contributed by atoms with Gasteiger partial charge in [-0.3, -0.25) is 0 Å². The van der Waals surface area contributed by atoms with E-state index in [4.69, 9.17) is 13.9 Å². The number of hydrogen-bond donors (Lipinski definition) is 0. The van der Waals surface area contributed by atoms with E-state index >= 15 is 0 Å². The van der Waals surface area contributed by atoms with Gasteiger partial charge in [0.05, 0.1) is 19.2 Å². The van der Waals surface area contributed by atoms with Crippen LogP contribution in [0.4, 0.5) is 9.59 Å². The van der Waals surface area contributed by atoms with Crippen molar-refractivity contribution in [3.05, 3.63) is 11.8 Å². The smallest absolute Gasteiger partial charge is 0.724 e. The van der Waals surface area contributed by atoms with Crippen molar-refractivity contribution in [2.45, 2.75) is 57.4 Å². The largest absolute Gasteiger partial charge is 1.00 e. The Morgan fingerprint density at radius 2 is 1.88 bits per heavy atom. The fourth-order valence-corrected chi connectivity index (χ4v) is 4.27. The van der Waals surface area contributed by atoms with Crippen molar-refractivity contribution in [2.75, 3.05) is 26.2 Å². The maximum atomic E-state index is 12.5. The minimum atomic E-state index is -5.08. The second kappa shape index (κ2) is 9.64. The topological polar surface area (TPSA) is 168 Å². The van der Waals surface area contributed by atoms with E-state index in [1.54, 1.807) is 20.8 Å². The van der Waals surface area contributed by atoms with E-state index in [2.05, 4.69) is 14.5 Å². The van der Waals surface area contributed by atoms with Crippen LogP contribution in [-0.2, 0) is 24.2 Å². The Labute approximate surface area is 212 Å². The Kier molecular flexibility index (Phi) is 7.63. The molecule has 0 aliphatic carbocycles. The van der Waals surface area contributed by atoms with Crippen molar-refractivity contribution in [2.24, 2.45) is 0 Å². The first-order chi connectivity index (χ1) is 14.9. The first kappa shape index (κ1) is 26.1. The van der Waals surface area contributed by atoms with Gasteiger partial charge in [0.2, 0.25) is 22.2 Å². The van der Waals surface area contributed by atoms with E-state index in [0.717, 1.165) is 0 Å². The van der Waals surface area contributed by atoms with Crippen LogP contribution in [0.2, 0.25) is 0 Å². The maximum absolute atomic E-state index is 12.5. The Hall–Kier alpha value is -1.49. The summed E-state index contributed by atoms with van der Waals surface area (Å²) in [4.78, 5) is 27.7. The van der Waals surface area contributed by atoms with Gasteiger partial charge in [0.15, 0.2) is 6.10 Å². The number of aromatic nitrogens is 2. The van der Waals surface area contributed by atoms with Gasteiger partial charge < -0.3 is 28.2 Å². The summed E-state index contributed by atoms with van der Waals surface area (Å²) in [6, 6.07) is -1.93. The molecule has 16 heteroatoms. The van der Waals surface area contributed by atoms with Crippen LogP contribution in [0.5, 0.6) is 0 Å². The molecule has 178 valence electrons. The Morgan fingerprint density at radius 1 is 1.18 bits per heavy atom. The monoisotopic (exact) mass is 497 g/mol. The van der Waals surface area contributed by atoms with Crippen LogP contribution in [0, 0.1) is 0 Å². The van der Waals surface area contributed by atoms with E-state index < -0.39 is 46.3 Å². The fourth-order valence-electron chi connectivity index (χ4n) is 3.89. The molecule has 1 unspecified atom stereocenters. The number of fused-ring (bicyclic) bond motifs is 2. The molecule has 3 amide bonds. The second-order valence-electron chi connectivity index (χ2n) is 8.75. The number of urea groups is 1. The summed E-state index contributed by atoms with van der Waals surface area (Å²) in [5.74, 6) is 0.300. The predicted molar refractivity (Wildman–Crippen MR) is 101 cm³/mol. The molecule has 3 aliphatic heterocycles. The van der Waals surface area contributed by atoms with Gasteiger partial charge in [-0.2, -0.15) is 9.35 Å². The van der Waals surface area contributed by atoms with Gasteiger partial charge in [-0.25, -0.2) is 18.0 Å². The number of morpholine rings is 1. The first-order valence-corrected chi connectivity index (χ1v) is 11.4. The van der Waals surface area contributed by atoms with Crippen LogP contribution in [0.15, 0.2) is 4.42 Å². The van der Waals surface area contributed by atoms with Gasteiger partial charge in [-0.1, -0.05) is 0 Å². The van der Waals surface area contributed by atoms with Crippen LogP contribution in [-0.4, -0.2) is 88.0 Å². The number of rotatable bonds is 4. The molecular formula is C17H24N5NaO9S. The number of hydrogen-bond acceptors (Lipinski definition) is 11. The van der Waals surface area contributed by atoms with Crippen LogP contribution in [0.1, 0.15) is 57.5 Å². The first-order valence-electron chi connectivity index (χ1n) is 10.1. The Bertz CT molecular complexity index is 997. The zero-order valence-corrected chi connectivity index (χ0v) is 21.6. The van der Waals surface area contributed by atoms with Crippen molar-refractivity contribution in [1.82, 2.24) is 25.1 Å². The second-order valence-corrected chi connectivity index (χ2v) is 9.72. The van der Waals surface area contributed by atoms with E-state index in [1.807, 2.05) is 0 Å². The summed E-state index contributed by atoms with van der Waals surface area (Å²) < 4.78 is 53.9. The third-order valence-electron chi connectivity index (χ3n) is 5.23. The summed E-state index contributed by atoms with van der Waals surface area (Å²) in [5, 5.41) is 8.64. The van der Waals surface area contributed by atoms with Crippen molar-refractivity contribution >= 4 is 22.5 Å². The average molecular weight is 497 g/mol.